The molecule has 0 aliphatic rings. The normalized spacial score (nSPS) is 14.7. The van der Waals surface area contributed by atoms with Crippen molar-refractivity contribution in [2.45, 2.75) is 83.9 Å². The van der Waals surface area contributed by atoms with Gasteiger partial charge in [0.1, 0.15) is 13.6 Å². The van der Waals surface area contributed by atoms with Crippen molar-refractivity contribution in [2.75, 3.05) is 0 Å². The summed E-state index contributed by atoms with van der Waals surface area (Å²) >= 11 is 0. The van der Waals surface area contributed by atoms with E-state index in [1.165, 1.54) is 44.9 Å². The van der Waals surface area contributed by atoms with Crippen LogP contribution in [0.1, 0.15) is 78.6 Å². The fourth-order valence-corrected chi connectivity index (χ4v) is 2.14. The second kappa shape index (κ2) is 8.84. The van der Waals surface area contributed by atoms with Gasteiger partial charge in [0, 0.05) is 6.42 Å². The Kier molecular flexibility index (Phi) is 8.69. The third-order valence-corrected chi connectivity index (χ3v) is 3.48. The number of rotatable bonds is 10. The van der Waals surface area contributed by atoms with Gasteiger partial charge in [-0.15, -0.1) is 0 Å². The third-order valence-electron chi connectivity index (χ3n) is 3.48. The lowest BCUT2D eigenvalue weighted by Crippen LogP contribution is -2.19. The summed E-state index contributed by atoms with van der Waals surface area (Å²) < 4.78 is 0. The minimum absolute atomic E-state index is 0.0852. The molecule has 0 amide bonds. The first-order valence-electron chi connectivity index (χ1n) is 7.08. The predicted molar refractivity (Wildman–Crippen MR) is 74.8 cm³/mol. The number of ketones is 1. The molecule has 0 saturated carbocycles. The molecule has 2 heteroatoms. The van der Waals surface area contributed by atoms with Crippen molar-refractivity contribution in [3.05, 3.63) is 0 Å². The lowest BCUT2D eigenvalue weighted by Gasteiger charge is -2.22. The molecule has 16 heavy (non-hydrogen) atoms. The van der Waals surface area contributed by atoms with Crippen molar-refractivity contribution < 1.29 is 4.79 Å². The Balaban J connectivity index is 3.47. The van der Waals surface area contributed by atoms with E-state index in [9.17, 15) is 4.79 Å². The van der Waals surface area contributed by atoms with Gasteiger partial charge in [-0.25, -0.2) is 0 Å². The molecule has 0 aliphatic carbocycles. The average Bonchev–Trinajstić information content (AvgIpc) is 2.26. The highest BCUT2D eigenvalue weighted by Gasteiger charge is 2.24. The molecule has 0 aliphatic heterocycles. The Morgan fingerprint density at radius 3 is 2.00 bits per heavy atom. The van der Waals surface area contributed by atoms with E-state index in [1.54, 1.807) is 0 Å². The van der Waals surface area contributed by atoms with Crippen LogP contribution < -0.4 is 0 Å². The van der Waals surface area contributed by atoms with E-state index in [0.29, 0.717) is 12.2 Å². The maximum atomic E-state index is 11.6. The summed E-state index contributed by atoms with van der Waals surface area (Å²) in [7, 11) is 2.09. The number of hydrogen-bond donors (Lipinski definition) is 0. The Morgan fingerprint density at radius 1 is 1.00 bits per heavy atom. The van der Waals surface area contributed by atoms with E-state index in [2.05, 4.69) is 21.7 Å². The smallest absolute Gasteiger partial charge is 0.130 e. The highest BCUT2D eigenvalue weighted by Crippen LogP contribution is 2.30. The van der Waals surface area contributed by atoms with E-state index in [-0.39, 0.29) is 5.31 Å². The van der Waals surface area contributed by atoms with Crippen LogP contribution in [0.3, 0.4) is 0 Å². The molecule has 94 valence electrons. The first kappa shape index (κ1) is 15.7. The van der Waals surface area contributed by atoms with E-state index >= 15 is 0 Å². The number of hydrogen-bond acceptors (Lipinski definition) is 1. The summed E-state index contributed by atoms with van der Waals surface area (Å²) in [5, 5.41) is -0.0852. The van der Waals surface area contributed by atoms with Crippen LogP contribution in [0.15, 0.2) is 0 Å². The largest absolute Gasteiger partial charge is 0.300 e. The van der Waals surface area contributed by atoms with Gasteiger partial charge in [0.2, 0.25) is 0 Å². The molecule has 1 nitrogen and oxygen atoms in total. The molecule has 0 spiro atoms. The van der Waals surface area contributed by atoms with Crippen molar-refractivity contribution in [2.24, 2.45) is 0 Å². The summed E-state index contributed by atoms with van der Waals surface area (Å²) in [4.78, 5) is 11.6. The molecule has 0 fully saturated rings. The molecule has 0 rings (SSSR count). The van der Waals surface area contributed by atoms with Gasteiger partial charge in [-0.3, -0.25) is 4.79 Å². The summed E-state index contributed by atoms with van der Waals surface area (Å²) in [5.74, 6) is 0.415. The van der Waals surface area contributed by atoms with Gasteiger partial charge in [0.05, 0.1) is 0 Å². The van der Waals surface area contributed by atoms with E-state index < -0.39 is 0 Å². The van der Waals surface area contributed by atoms with E-state index in [0.717, 1.165) is 6.42 Å². The molecule has 0 aromatic rings. The summed E-state index contributed by atoms with van der Waals surface area (Å²) in [6.07, 6.45) is 11.0. The molecule has 0 aromatic carbocycles. The van der Waals surface area contributed by atoms with Gasteiger partial charge in [0.15, 0.2) is 0 Å². The predicted octanol–water partition coefficient (Wildman–Crippen LogP) is 3.92. The molecule has 0 bridgehead atoms. The van der Waals surface area contributed by atoms with E-state index in [4.69, 9.17) is 0 Å². The molecular weight excluding hydrogens is 195 g/mol. The fraction of sp³-hybridized carbons (Fsp3) is 0.929. The van der Waals surface area contributed by atoms with Crippen LogP contribution in [0.25, 0.3) is 0 Å². The first-order chi connectivity index (χ1) is 7.54. The molecule has 0 aromatic heterocycles. The van der Waals surface area contributed by atoms with Crippen molar-refractivity contribution >= 4 is 13.6 Å². The van der Waals surface area contributed by atoms with Crippen LogP contribution in [0, 0.1) is 0 Å². The van der Waals surface area contributed by atoms with Gasteiger partial charge >= 0.3 is 0 Å². The summed E-state index contributed by atoms with van der Waals surface area (Å²) in [6, 6.07) is 0. The molecule has 0 saturated heterocycles. The highest BCUT2D eigenvalue weighted by molar-refractivity contribution is 6.28. The Bertz CT molecular complexity index is 187. The van der Waals surface area contributed by atoms with Gasteiger partial charge in [-0.1, -0.05) is 65.7 Å². The van der Waals surface area contributed by atoms with Crippen molar-refractivity contribution in [1.29, 1.82) is 0 Å². The van der Waals surface area contributed by atoms with Crippen molar-refractivity contribution in [1.82, 2.24) is 0 Å². The molecular formula is C14H29BO. The number of carbonyl (C=O) groups excluding carboxylic acids is 1. The van der Waals surface area contributed by atoms with Gasteiger partial charge in [-0.2, -0.15) is 0 Å². The van der Waals surface area contributed by atoms with Gasteiger partial charge in [-0.05, 0) is 11.7 Å². The minimum Gasteiger partial charge on any atom is -0.300 e. The monoisotopic (exact) mass is 224 g/mol. The maximum Gasteiger partial charge on any atom is 0.130 e. The third kappa shape index (κ3) is 7.08. The SMILES string of the molecule is BC(C)(CCCCCCCCC)C(=O)CC. The Morgan fingerprint density at radius 2 is 1.50 bits per heavy atom. The average molecular weight is 224 g/mol. The zero-order valence-corrected chi connectivity index (χ0v) is 11.8. The summed E-state index contributed by atoms with van der Waals surface area (Å²) in [6.45, 7) is 6.31. The van der Waals surface area contributed by atoms with Crippen LogP contribution in [0.2, 0.25) is 5.31 Å². The van der Waals surface area contributed by atoms with Crippen LogP contribution in [-0.4, -0.2) is 13.6 Å². The quantitative estimate of drug-likeness (QED) is 0.406. The number of carbonyl (C=O) groups is 1. The minimum atomic E-state index is -0.0852. The fourth-order valence-electron chi connectivity index (χ4n) is 2.14. The van der Waals surface area contributed by atoms with Crippen LogP contribution in [0.5, 0.6) is 0 Å². The summed E-state index contributed by atoms with van der Waals surface area (Å²) in [5.41, 5.74) is 0. The topological polar surface area (TPSA) is 17.1 Å². The zero-order valence-electron chi connectivity index (χ0n) is 11.8. The van der Waals surface area contributed by atoms with Crippen LogP contribution in [0.4, 0.5) is 0 Å². The Labute approximate surface area is 103 Å². The molecule has 0 radical (unpaired) electrons. The second-order valence-electron chi connectivity index (χ2n) is 5.53. The second-order valence-corrected chi connectivity index (χ2v) is 5.53. The standard InChI is InChI=1S/C14H29BO/c1-4-6-7-8-9-10-11-12-14(3,15)13(16)5-2/h4-12,15H2,1-3H3. The lowest BCUT2D eigenvalue weighted by atomic mass is 9.64. The molecule has 0 N–H and O–H groups in total. The van der Waals surface area contributed by atoms with Gasteiger partial charge in [0.25, 0.3) is 0 Å². The van der Waals surface area contributed by atoms with Crippen molar-refractivity contribution in [3.63, 3.8) is 0 Å². The van der Waals surface area contributed by atoms with Gasteiger partial charge < -0.3 is 0 Å². The van der Waals surface area contributed by atoms with Crippen LogP contribution in [-0.2, 0) is 4.79 Å². The Hall–Kier alpha value is -0.265. The number of Topliss-reactive ketones (excluding diaryl/α,β-unsaturated/α-hetero) is 1. The molecule has 1 atom stereocenters. The van der Waals surface area contributed by atoms with Crippen molar-refractivity contribution in [3.8, 4) is 0 Å². The van der Waals surface area contributed by atoms with Crippen LogP contribution >= 0.6 is 0 Å². The first-order valence-corrected chi connectivity index (χ1v) is 7.08. The molecule has 0 heterocycles. The van der Waals surface area contributed by atoms with E-state index in [1.807, 2.05) is 6.92 Å². The lowest BCUT2D eigenvalue weighted by molar-refractivity contribution is -0.121. The molecule has 1 unspecified atom stereocenters. The zero-order chi connectivity index (χ0) is 12.4. The highest BCUT2D eigenvalue weighted by atomic mass is 16.1. The number of unbranched alkanes of at least 4 members (excludes halogenated alkanes) is 6. The maximum absolute atomic E-state index is 11.6.